The first-order valence-corrected chi connectivity index (χ1v) is 11.5. The fraction of sp³-hybridized carbons (Fsp3) is 0.714. The highest BCUT2D eigenvalue weighted by molar-refractivity contribution is 7.08. The van der Waals surface area contributed by atoms with E-state index in [1.165, 1.54) is 0 Å². The number of aliphatic imine (C=N–C) groups is 1. The first-order valence-electron chi connectivity index (χ1n) is 10.6. The molecule has 1 atom stereocenters. The fourth-order valence-electron chi connectivity index (χ4n) is 3.05. The zero-order valence-electron chi connectivity index (χ0n) is 18.9. The molecule has 1 saturated heterocycles. The van der Waals surface area contributed by atoms with E-state index in [0.29, 0.717) is 19.0 Å². The Morgan fingerprint density at radius 2 is 1.93 bits per heavy atom. The number of ether oxygens (including phenoxy) is 1. The molecule has 170 valence electrons. The van der Waals surface area contributed by atoms with Gasteiger partial charge in [-0.3, -0.25) is 4.90 Å². The fourth-order valence-corrected chi connectivity index (χ4v) is 3.83. The van der Waals surface area contributed by atoms with Crippen LogP contribution in [0.15, 0.2) is 21.8 Å². The van der Waals surface area contributed by atoms with Gasteiger partial charge in [-0.25, -0.2) is 9.79 Å². The molecule has 8 nitrogen and oxygen atoms in total. The minimum atomic E-state index is -0.986. The van der Waals surface area contributed by atoms with Gasteiger partial charge in [-0.15, -0.1) is 0 Å². The van der Waals surface area contributed by atoms with Crippen LogP contribution in [0.1, 0.15) is 40.2 Å². The summed E-state index contributed by atoms with van der Waals surface area (Å²) in [6.07, 6.45) is -0.237. The van der Waals surface area contributed by atoms with Crippen LogP contribution >= 0.6 is 11.3 Å². The summed E-state index contributed by atoms with van der Waals surface area (Å²) < 4.78 is 5.45. The lowest BCUT2D eigenvalue weighted by Gasteiger charge is -2.35. The van der Waals surface area contributed by atoms with Crippen LogP contribution in [0, 0.1) is 0 Å². The maximum absolute atomic E-state index is 12.2. The van der Waals surface area contributed by atoms with E-state index in [1.807, 2.05) is 44.5 Å². The Kier molecular flexibility index (Phi) is 8.93. The zero-order valence-corrected chi connectivity index (χ0v) is 19.7. The van der Waals surface area contributed by atoms with Crippen LogP contribution in [0.5, 0.6) is 0 Å². The molecule has 0 spiro atoms. The van der Waals surface area contributed by atoms with Crippen molar-refractivity contribution < 1.29 is 14.6 Å². The van der Waals surface area contributed by atoms with Crippen LogP contribution in [0.25, 0.3) is 0 Å². The normalized spacial score (nSPS) is 18.1. The van der Waals surface area contributed by atoms with Crippen molar-refractivity contribution >= 4 is 23.4 Å². The molecule has 0 saturated carbocycles. The van der Waals surface area contributed by atoms with Gasteiger partial charge < -0.3 is 25.4 Å². The largest absolute Gasteiger partial charge is 0.444 e. The number of amides is 1. The summed E-state index contributed by atoms with van der Waals surface area (Å²) in [6.45, 7) is 15.1. The van der Waals surface area contributed by atoms with Crippen LogP contribution in [0.2, 0.25) is 0 Å². The van der Waals surface area contributed by atoms with E-state index in [4.69, 9.17) is 4.74 Å². The quantitative estimate of drug-likeness (QED) is 0.445. The predicted octanol–water partition coefficient (Wildman–Crippen LogP) is 2.06. The van der Waals surface area contributed by atoms with Gasteiger partial charge in [-0.2, -0.15) is 11.3 Å². The Morgan fingerprint density at radius 3 is 2.50 bits per heavy atom. The molecule has 2 rings (SSSR count). The number of rotatable bonds is 7. The third kappa shape index (κ3) is 8.12. The Labute approximate surface area is 184 Å². The van der Waals surface area contributed by atoms with Gasteiger partial charge in [0, 0.05) is 45.8 Å². The number of hydrogen-bond acceptors (Lipinski definition) is 6. The lowest BCUT2D eigenvalue weighted by molar-refractivity contribution is 0.0147. The maximum atomic E-state index is 12.2. The first-order chi connectivity index (χ1) is 14.1. The Hall–Kier alpha value is -1.84. The third-order valence-electron chi connectivity index (χ3n) is 4.78. The number of aliphatic hydroxyl groups is 1. The van der Waals surface area contributed by atoms with Crippen molar-refractivity contribution in [3.8, 4) is 0 Å². The van der Waals surface area contributed by atoms with E-state index >= 15 is 0 Å². The Bertz CT molecular complexity index is 677. The predicted molar refractivity (Wildman–Crippen MR) is 122 cm³/mol. The van der Waals surface area contributed by atoms with Gasteiger partial charge in [-0.05, 0) is 57.0 Å². The molecule has 1 aliphatic rings. The van der Waals surface area contributed by atoms with Gasteiger partial charge >= 0.3 is 6.09 Å². The van der Waals surface area contributed by atoms with E-state index in [9.17, 15) is 9.90 Å². The standard InChI is InChI=1S/C21H37N5O3S/c1-6-22-18(24-16-21(5,28)17-7-14-30-15-17)23-8-9-25-10-12-26(13-11-25)19(27)29-20(2,3)4/h7,14-15,28H,6,8-13,16H2,1-5H3,(H2,22,23,24). The lowest BCUT2D eigenvalue weighted by Crippen LogP contribution is -2.51. The molecule has 1 aromatic rings. The molecule has 1 aromatic heterocycles. The second kappa shape index (κ2) is 11.0. The number of carbonyl (C=O) groups excluding carboxylic acids is 1. The van der Waals surface area contributed by atoms with Crippen LogP contribution < -0.4 is 10.6 Å². The van der Waals surface area contributed by atoms with Crippen LogP contribution in [-0.4, -0.2) is 84.9 Å². The van der Waals surface area contributed by atoms with Crippen LogP contribution in [-0.2, 0) is 10.3 Å². The molecule has 0 aliphatic carbocycles. The van der Waals surface area contributed by atoms with Gasteiger partial charge in [0.25, 0.3) is 0 Å². The molecular weight excluding hydrogens is 402 g/mol. The molecule has 1 unspecified atom stereocenters. The summed E-state index contributed by atoms with van der Waals surface area (Å²) >= 11 is 1.57. The van der Waals surface area contributed by atoms with E-state index in [0.717, 1.165) is 38.3 Å². The summed E-state index contributed by atoms with van der Waals surface area (Å²) in [4.78, 5) is 20.8. The number of nitrogens with zero attached hydrogens (tertiary/aromatic N) is 3. The van der Waals surface area contributed by atoms with Gasteiger partial charge in [0.15, 0.2) is 5.96 Å². The van der Waals surface area contributed by atoms with E-state index in [2.05, 4.69) is 20.5 Å². The minimum absolute atomic E-state index is 0.237. The van der Waals surface area contributed by atoms with Gasteiger partial charge in [0.1, 0.15) is 11.2 Å². The summed E-state index contributed by atoms with van der Waals surface area (Å²) in [5, 5.41) is 21.1. The molecule has 1 aliphatic heterocycles. The highest BCUT2D eigenvalue weighted by Gasteiger charge is 2.26. The number of piperazine rings is 1. The Balaban J connectivity index is 1.75. The summed E-state index contributed by atoms with van der Waals surface area (Å²) in [5.41, 5.74) is -0.566. The number of hydrogen-bond donors (Lipinski definition) is 3. The summed E-state index contributed by atoms with van der Waals surface area (Å²) in [6, 6.07) is 1.93. The topological polar surface area (TPSA) is 89.4 Å². The van der Waals surface area contributed by atoms with Gasteiger partial charge in [0.05, 0.1) is 6.54 Å². The minimum Gasteiger partial charge on any atom is -0.444 e. The molecule has 0 radical (unpaired) electrons. The highest BCUT2D eigenvalue weighted by Crippen LogP contribution is 2.23. The van der Waals surface area contributed by atoms with Crippen molar-refractivity contribution in [2.24, 2.45) is 4.99 Å². The number of guanidine groups is 1. The molecule has 0 aromatic carbocycles. The van der Waals surface area contributed by atoms with Crippen molar-refractivity contribution in [3.63, 3.8) is 0 Å². The average molecular weight is 440 g/mol. The lowest BCUT2D eigenvalue weighted by atomic mass is 10.00. The maximum Gasteiger partial charge on any atom is 0.410 e. The molecule has 9 heteroatoms. The smallest absolute Gasteiger partial charge is 0.410 e. The second-order valence-corrected chi connectivity index (χ2v) is 9.50. The summed E-state index contributed by atoms with van der Waals surface area (Å²) in [5.74, 6) is 0.695. The molecular formula is C21H37N5O3S. The van der Waals surface area contributed by atoms with Crippen molar-refractivity contribution in [2.45, 2.75) is 45.8 Å². The molecule has 0 bridgehead atoms. The second-order valence-electron chi connectivity index (χ2n) is 8.72. The van der Waals surface area contributed by atoms with E-state index in [-0.39, 0.29) is 12.6 Å². The van der Waals surface area contributed by atoms with Crippen LogP contribution in [0.3, 0.4) is 0 Å². The number of thiophene rings is 1. The van der Waals surface area contributed by atoms with E-state index < -0.39 is 11.2 Å². The monoisotopic (exact) mass is 439 g/mol. The van der Waals surface area contributed by atoms with Crippen molar-refractivity contribution in [1.29, 1.82) is 0 Å². The molecule has 1 fully saturated rings. The SMILES string of the molecule is CCNC(=NCC(C)(O)c1ccsc1)NCCN1CCN(C(=O)OC(C)(C)C)CC1. The third-order valence-corrected chi connectivity index (χ3v) is 5.46. The number of nitrogens with one attached hydrogen (secondary N) is 2. The van der Waals surface area contributed by atoms with Gasteiger partial charge in [-0.1, -0.05) is 0 Å². The highest BCUT2D eigenvalue weighted by atomic mass is 32.1. The molecule has 1 amide bonds. The Morgan fingerprint density at radius 1 is 1.23 bits per heavy atom. The van der Waals surface area contributed by atoms with Crippen LogP contribution in [0.4, 0.5) is 4.79 Å². The summed E-state index contributed by atoms with van der Waals surface area (Å²) in [7, 11) is 0. The number of carbonyl (C=O) groups is 1. The zero-order chi connectivity index (χ0) is 22.2. The van der Waals surface area contributed by atoms with E-state index in [1.54, 1.807) is 23.2 Å². The molecule has 3 N–H and O–H groups in total. The molecule has 30 heavy (non-hydrogen) atoms. The first kappa shape index (κ1) is 24.4. The van der Waals surface area contributed by atoms with Crippen molar-refractivity contribution in [1.82, 2.24) is 20.4 Å². The van der Waals surface area contributed by atoms with Crippen molar-refractivity contribution in [3.05, 3.63) is 22.4 Å². The van der Waals surface area contributed by atoms with Gasteiger partial charge in [0.2, 0.25) is 0 Å². The molecule has 2 heterocycles. The average Bonchev–Trinajstić information content (AvgIpc) is 3.21. The van der Waals surface area contributed by atoms with Crippen molar-refractivity contribution in [2.75, 3.05) is 52.4 Å².